The van der Waals surface area contributed by atoms with Gasteiger partial charge in [-0.1, -0.05) is 60.7 Å². The number of methoxy groups -OCH3 is 2. The normalized spacial score (nSPS) is 14.6. The Bertz CT molecular complexity index is 1170. The van der Waals surface area contributed by atoms with Crippen molar-refractivity contribution in [2.45, 2.75) is 31.4 Å². The van der Waals surface area contributed by atoms with Crippen LogP contribution in [0.1, 0.15) is 29.5 Å². The molecule has 7 heteroatoms. The summed E-state index contributed by atoms with van der Waals surface area (Å²) in [7, 11) is 3.21. The quantitative estimate of drug-likeness (QED) is 0.498. The second-order valence-corrected chi connectivity index (χ2v) is 8.82. The third-order valence-electron chi connectivity index (χ3n) is 6.62. The van der Waals surface area contributed by atoms with E-state index in [4.69, 9.17) is 14.2 Å². The monoisotopic (exact) mass is 488 g/mol. The lowest BCUT2D eigenvalue weighted by molar-refractivity contribution is -0.135. The first-order valence-electron chi connectivity index (χ1n) is 12.1. The predicted molar refractivity (Wildman–Crippen MR) is 137 cm³/mol. The number of likely N-dealkylation sites (tertiary alicyclic amines) is 1. The van der Waals surface area contributed by atoms with E-state index < -0.39 is 11.7 Å². The Hall–Kier alpha value is -4.00. The highest BCUT2D eigenvalue weighted by atomic mass is 16.6. The maximum Gasteiger partial charge on any atom is 0.408 e. The van der Waals surface area contributed by atoms with Crippen LogP contribution in [0.4, 0.5) is 4.79 Å². The third-order valence-corrected chi connectivity index (χ3v) is 6.62. The van der Waals surface area contributed by atoms with Gasteiger partial charge in [-0.15, -0.1) is 0 Å². The van der Waals surface area contributed by atoms with Crippen molar-refractivity contribution in [1.29, 1.82) is 0 Å². The van der Waals surface area contributed by atoms with Crippen molar-refractivity contribution >= 4 is 12.0 Å². The summed E-state index contributed by atoms with van der Waals surface area (Å²) < 4.78 is 16.7. The minimum Gasteiger partial charge on any atom is -0.497 e. The van der Waals surface area contributed by atoms with Crippen LogP contribution in [-0.4, -0.2) is 44.2 Å². The first-order valence-corrected chi connectivity index (χ1v) is 12.1. The molecule has 1 heterocycles. The van der Waals surface area contributed by atoms with E-state index in [2.05, 4.69) is 5.32 Å². The van der Waals surface area contributed by atoms with Crippen LogP contribution >= 0.6 is 0 Å². The largest absolute Gasteiger partial charge is 0.497 e. The molecular weight excluding hydrogens is 456 g/mol. The number of benzene rings is 3. The Labute approximate surface area is 212 Å². The lowest BCUT2D eigenvalue weighted by Gasteiger charge is -2.41. The van der Waals surface area contributed by atoms with E-state index in [1.807, 2.05) is 83.8 Å². The van der Waals surface area contributed by atoms with Gasteiger partial charge in [0.15, 0.2) is 0 Å². The molecular formula is C29H32N2O5. The fourth-order valence-corrected chi connectivity index (χ4v) is 4.61. The summed E-state index contributed by atoms with van der Waals surface area (Å²) in [6.07, 6.45) is 0.836. The molecule has 0 spiro atoms. The fraction of sp³-hybridized carbons (Fsp3) is 0.310. The number of alkyl carbamates (subject to hydrolysis) is 1. The van der Waals surface area contributed by atoms with Gasteiger partial charge in [-0.25, -0.2) is 4.79 Å². The number of hydrogen-bond donors (Lipinski definition) is 1. The molecule has 4 rings (SSSR count). The Morgan fingerprint density at radius 1 is 0.889 bits per heavy atom. The summed E-state index contributed by atoms with van der Waals surface area (Å²) in [5.74, 6) is 1.48. The molecule has 1 saturated heterocycles. The van der Waals surface area contributed by atoms with E-state index in [9.17, 15) is 9.59 Å². The molecule has 1 aliphatic heterocycles. The molecule has 0 aromatic heterocycles. The minimum atomic E-state index is -0.807. The second kappa shape index (κ2) is 11.6. The van der Waals surface area contributed by atoms with Gasteiger partial charge in [-0.3, -0.25) is 4.79 Å². The molecule has 36 heavy (non-hydrogen) atoms. The highest BCUT2D eigenvalue weighted by Crippen LogP contribution is 2.37. The van der Waals surface area contributed by atoms with Gasteiger partial charge in [0.05, 0.1) is 20.6 Å². The zero-order valence-electron chi connectivity index (χ0n) is 20.7. The van der Waals surface area contributed by atoms with Crippen molar-refractivity contribution in [3.8, 4) is 11.5 Å². The van der Waals surface area contributed by atoms with Crippen molar-refractivity contribution in [2.24, 2.45) is 0 Å². The molecule has 3 aromatic rings. The van der Waals surface area contributed by atoms with Crippen molar-refractivity contribution < 1.29 is 23.8 Å². The van der Waals surface area contributed by atoms with Crippen LogP contribution in [0.2, 0.25) is 0 Å². The highest BCUT2D eigenvalue weighted by molar-refractivity contribution is 5.79. The highest BCUT2D eigenvalue weighted by Gasteiger charge is 2.41. The van der Waals surface area contributed by atoms with Crippen LogP contribution in [0.3, 0.4) is 0 Å². The summed E-state index contributed by atoms with van der Waals surface area (Å²) in [4.78, 5) is 27.8. The van der Waals surface area contributed by atoms with Crippen LogP contribution in [-0.2, 0) is 28.1 Å². The van der Waals surface area contributed by atoms with Crippen molar-refractivity contribution in [3.63, 3.8) is 0 Å². The van der Waals surface area contributed by atoms with E-state index in [0.717, 1.165) is 22.4 Å². The van der Waals surface area contributed by atoms with Gasteiger partial charge in [0, 0.05) is 38.0 Å². The smallest absolute Gasteiger partial charge is 0.408 e. The van der Waals surface area contributed by atoms with Gasteiger partial charge in [-0.2, -0.15) is 0 Å². The molecule has 0 bridgehead atoms. The number of hydrogen-bond acceptors (Lipinski definition) is 5. The number of nitrogens with zero attached hydrogens (tertiary/aromatic N) is 1. The Morgan fingerprint density at radius 2 is 1.61 bits per heavy atom. The summed E-state index contributed by atoms with van der Waals surface area (Å²) in [6, 6.07) is 24.8. The van der Waals surface area contributed by atoms with Crippen LogP contribution in [0.15, 0.2) is 78.9 Å². The van der Waals surface area contributed by atoms with Gasteiger partial charge in [0.1, 0.15) is 17.1 Å². The van der Waals surface area contributed by atoms with E-state index in [0.29, 0.717) is 44.6 Å². The minimum absolute atomic E-state index is 0.0468. The fourth-order valence-electron chi connectivity index (χ4n) is 4.61. The number of nitrogens with one attached hydrogen (secondary N) is 1. The number of carbonyl (C=O) groups is 2. The van der Waals surface area contributed by atoms with Crippen LogP contribution < -0.4 is 14.8 Å². The first-order chi connectivity index (χ1) is 17.5. The maximum absolute atomic E-state index is 13.0. The number of para-hydroxylation sites is 1. The maximum atomic E-state index is 13.0. The Morgan fingerprint density at radius 3 is 2.33 bits per heavy atom. The van der Waals surface area contributed by atoms with Gasteiger partial charge >= 0.3 is 6.09 Å². The third kappa shape index (κ3) is 5.97. The van der Waals surface area contributed by atoms with E-state index in [-0.39, 0.29) is 5.91 Å². The van der Waals surface area contributed by atoms with Crippen molar-refractivity contribution in [2.75, 3.05) is 27.3 Å². The molecule has 0 aliphatic carbocycles. The topological polar surface area (TPSA) is 77.1 Å². The lowest BCUT2D eigenvalue weighted by atomic mass is 9.84. The first kappa shape index (κ1) is 25.1. The van der Waals surface area contributed by atoms with Gasteiger partial charge in [0.2, 0.25) is 5.91 Å². The number of piperidine rings is 1. The van der Waals surface area contributed by atoms with Crippen LogP contribution in [0, 0.1) is 0 Å². The summed E-state index contributed by atoms with van der Waals surface area (Å²) >= 11 is 0. The second-order valence-electron chi connectivity index (χ2n) is 8.82. The average molecular weight is 489 g/mol. The Kier molecular flexibility index (Phi) is 8.10. The van der Waals surface area contributed by atoms with E-state index >= 15 is 0 Å². The van der Waals surface area contributed by atoms with Crippen LogP contribution in [0.5, 0.6) is 11.5 Å². The zero-order valence-corrected chi connectivity index (χ0v) is 20.7. The number of amides is 2. The summed E-state index contributed by atoms with van der Waals surface area (Å²) in [6.45, 7) is 1.29. The van der Waals surface area contributed by atoms with Gasteiger partial charge < -0.3 is 24.4 Å². The van der Waals surface area contributed by atoms with Crippen molar-refractivity contribution in [3.05, 3.63) is 95.6 Å². The average Bonchev–Trinajstić information content (AvgIpc) is 2.93. The van der Waals surface area contributed by atoms with E-state index in [1.54, 1.807) is 14.2 Å². The molecule has 0 saturated carbocycles. The molecule has 3 aromatic carbocycles. The molecule has 0 unspecified atom stereocenters. The molecule has 1 N–H and O–H groups in total. The molecule has 7 nitrogen and oxygen atoms in total. The number of ether oxygens (including phenoxy) is 3. The molecule has 2 amide bonds. The molecule has 188 valence electrons. The standard InChI is InChI=1S/C29H32N2O5/c1-34-25-13-8-9-22(19-25)20-27(32)31-17-15-29(16-18-31,24-11-4-3-5-12-24)36-28(33)30-21-23-10-6-7-14-26(23)35-2/h3-14,19H,15-18,20-21H2,1-2H3,(H,30,33). The SMILES string of the molecule is COc1cccc(CC(=O)N2CCC(OC(=O)NCc3ccccc3OC)(c3ccccc3)CC2)c1. The lowest BCUT2D eigenvalue weighted by Crippen LogP contribution is -2.48. The Balaban J connectivity index is 1.42. The van der Waals surface area contributed by atoms with E-state index in [1.165, 1.54) is 0 Å². The number of carbonyl (C=O) groups excluding carboxylic acids is 2. The predicted octanol–water partition coefficient (Wildman–Crippen LogP) is 4.69. The summed E-state index contributed by atoms with van der Waals surface area (Å²) in [5.41, 5.74) is 1.89. The van der Waals surface area contributed by atoms with Crippen molar-refractivity contribution in [1.82, 2.24) is 10.2 Å². The molecule has 1 fully saturated rings. The molecule has 0 atom stereocenters. The van der Waals surface area contributed by atoms with Gasteiger partial charge in [-0.05, 0) is 29.3 Å². The summed E-state index contributed by atoms with van der Waals surface area (Å²) in [5, 5.41) is 2.86. The zero-order chi connectivity index (χ0) is 25.4. The van der Waals surface area contributed by atoms with Gasteiger partial charge in [0.25, 0.3) is 0 Å². The molecule has 0 radical (unpaired) electrons. The molecule has 1 aliphatic rings. The number of rotatable bonds is 8. The van der Waals surface area contributed by atoms with Crippen LogP contribution in [0.25, 0.3) is 0 Å².